The molecule has 1 unspecified atom stereocenters. The first-order valence-electron chi connectivity index (χ1n) is 5.92. The molecule has 3 heteroatoms. The summed E-state index contributed by atoms with van der Waals surface area (Å²) in [5, 5.41) is 13.6. The molecule has 2 N–H and O–H groups in total. The summed E-state index contributed by atoms with van der Waals surface area (Å²) in [6, 6.07) is 10.5. The number of H-pyrrole nitrogens is 1. The topological polar surface area (TPSA) is 51.6 Å². The molecule has 0 spiro atoms. The number of nitrogens with one attached hydrogen (secondary N) is 2. The van der Waals surface area contributed by atoms with Gasteiger partial charge in [-0.1, -0.05) is 32.0 Å². The predicted octanol–water partition coefficient (Wildman–Crippen LogP) is 3.38. The highest BCUT2D eigenvalue weighted by molar-refractivity contribution is 5.92. The Morgan fingerprint density at radius 2 is 2.12 bits per heavy atom. The number of aromatic nitrogens is 1. The molecule has 0 amide bonds. The zero-order valence-electron chi connectivity index (χ0n) is 10.2. The van der Waals surface area contributed by atoms with Crippen LogP contribution in [0.1, 0.15) is 13.8 Å². The standard InChI is InChI=1S/C14H17N3/c1-10(2)11(7-15)8-16-14-9-17-13-6-4-3-5-12(13)14/h3-6,9-11,16-17H,8H2,1-2H3. The summed E-state index contributed by atoms with van der Waals surface area (Å²) in [7, 11) is 0. The van der Waals surface area contributed by atoms with Gasteiger partial charge in [0, 0.05) is 23.6 Å². The van der Waals surface area contributed by atoms with Gasteiger partial charge < -0.3 is 10.3 Å². The molecular weight excluding hydrogens is 210 g/mol. The van der Waals surface area contributed by atoms with E-state index >= 15 is 0 Å². The van der Waals surface area contributed by atoms with Crippen LogP contribution in [0.15, 0.2) is 30.5 Å². The third kappa shape index (κ3) is 2.42. The van der Waals surface area contributed by atoms with E-state index < -0.39 is 0 Å². The van der Waals surface area contributed by atoms with Gasteiger partial charge >= 0.3 is 0 Å². The van der Waals surface area contributed by atoms with E-state index in [0.29, 0.717) is 12.5 Å². The van der Waals surface area contributed by atoms with E-state index in [9.17, 15) is 0 Å². The smallest absolute Gasteiger partial charge is 0.0677 e. The summed E-state index contributed by atoms with van der Waals surface area (Å²) in [5.74, 6) is 0.418. The van der Waals surface area contributed by atoms with Crippen molar-refractivity contribution in [2.75, 3.05) is 11.9 Å². The van der Waals surface area contributed by atoms with Gasteiger partial charge in [-0.2, -0.15) is 5.26 Å². The fourth-order valence-electron chi connectivity index (χ4n) is 1.87. The monoisotopic (exact) mass is 227 g/mol. The van der Waals surface area contributed by atoms with Gasteiger partial charge in [-0.15, -0.1) is 0 Å². The Bertz CT molecular complexity index is 534. The van der Waals surface area contributed by atoms with E-state index in [1.807, 2.05) is 24.4 Å². The van der Waals surface area contributed by atoms with E-state index in [2.05, 4.69) is 36.3 Å². The molecule has 0 fully saturated rings. The van der Waals surface area contributed by atoms with Gasteiger partial charge in [0.15, 0.2) is 0 Å². The van der Waals surface area contributed by atoms with Crippen LogP contribution >= 0.6 is 0 Å². The second-order valence-corrected chi connectivity index (χ2v) is 4.61. The molecule has 1 atom stereocenters. The summed E-state index contributed by atoms with van der Waals surface area (Å²) in [6.45, 7) is 4.84. The largest absolute Gasteiger partial charge is 0.382 e. The Hall–Kier alpha value is -1.95. The summed E-state index contributed by atoms with van der Waals surface area (Å²) >= 11 is 0. The number of para-hydroxylation sites is 1. The van der Waals surface area contributed by atoms with Gasteiger partial charge in [-0.3, -0.25) is 0 Å². The number of hydrogen-bond acceptors (Lipinski definition) is 2. The summed E-state index contributed by atoms with van der Waals surface area (Å²) in [4.78, 5) is 3.21. The van der Waals surface area contributed by atoms with Crippen molar-refractivity contribution >= 4 is 16.6 Å². The summed E-state index contributed by atoms with van der Waals surface area (Å²) < 4.78 is 0. The van der Waals surface area contributed by atoms with E-state index in [0.717, 1.165) is 11.2 Å². The molecule has 0 aliphatic heterocycles. The first kappa shape index (κ1) is 11.5. The molecule has 1 heterocycles. The number of benzene rings is 1. The van der Waals surface area contributed by atoms with Crippen LogP contribution in [0.3, 0.4) is 0 Å². The lowest BCUT2D eigenvalue weighted by Crippen LogP contribution is -2.17. The molecule has 1 aromatic heterocycles. The Kier molecular flexibility index (Phi) is 3.34. The van der Waals surface area contributed by atoms with Crippen LogP contribution in [-0.4, -0.2) is 11.5 Å². The number of fused-ring (bicyclic) bond motifs is 1. The van der Waals surface area contributed by atoms with Crippen molar-refractivity contribution in [1.29, 1.82) is 5.26 Å². The van der Waals surface area contributed by atoms with Crippen LogP contribution < -0.4 is 5.32 Å². The van der Waals surface area contributed by atoms with Crippen LogP contribution in [0.2, 0.25) is 0 Å². The van der Waals surface area contributed by atoms with Crippen molar-refractivity contribution in [2.45, 2.75) is 13.8 Å². The zero-order chi connectivity index (χ0) is 12.3. The summed E-state index contributed by atoms with van der Waals surface area (Å²) in [5.41, 5.74) is 2.19. The van der Waals surface area contributed by atoms with Crippen molar-refractivity contribution in [3.8, 4) is 6.07 Å². The van der Waals surface area contributed by atoms with Crippen molar-refractivity contribution in [3.05, 3.63) is 30.5 Å². The lowest BCUT2D eigenvalue weighted by molar-refractivity contribution is 0.496. The van der Waals surface area contributed by atoms with E-state index in [1.165, 1.54) is 5.39 Å². The van der Waals surface area contributed by atoms with Crippen LogP contribution in [0.4, 0.5) is 5.69 Å². The molecule has 3 nitrogen and oxygen atoms in total. The number of nitrogens with zero attached hydrogens (tertiary/aromatic N) is 1. The first-order chi connectivity index (χ1) is 8.22. The lowest BCUT2D eigenvalue weighted by Gasteiger charge is -2.13. The van der Waals surface area contributed by atoms with E-state index in [4.69, 9.17) is 5.26 Å². The average molecular weight is 227 g/mol. The molecule has 88 valence electrons. The first-order valence-corrected chi connectivity index (χ1v) is 5.92. The maximum Gasteiger partial charge on any atom is 0.0677 e. The number of aromatic amines is 1. The minimum Gasteiger partial charge on any atom is -0.382 e. The molecule has 0 radical (unpaired) electrons. The zero-order valence-corrected chi connectivity index (χ0v) is 10.2. The van der Waals surface area contributed by atoms with Gasteiger partial charge in [0.05, 0.1) is 17.7 Å². The minimum atomic E-state index is 0.0451. The number of anilines is 1. The van der Waals surface area contributed by atoms with Crippen molar-refractivity contribution in [3.63, 3.8) is 0 Å². The minimum absolute atomic E-state index is 0.0451. The fourth-order valence-corrected chi connectivity index (χ4v) is 1.87. The van der Waals surface area contributed by atoms with Crippen LogP contribution in [-0.2, 0) is 0 Å². The Morgan fingerprint density at radius 3 is 2.82 bits per heavy atom. The molecule has 0 bridgehead atoms. The Balaban J connectivity index is 2.12. The molecule has 0 aliphatic rings. The molecule has 17 heavy (non-hydrogen) atoms. The predicted molar refractivity (Wildman–Crippen MR) is 70.7 cm³/mol. The number of nitriles is 1. The fraction of sp³-hybridized carbons (Fsp3) is 0.357. The normalized spacial score (nSPS) is 12.6. The third-order valence-electron chi connectivity index (χ3n) is 3.07. The molecule has 0 saturated carbocycles. The highest BCUT2D eigenvalue weighted by atomic mass is 14.9. The second kappa shape index (κ2) is 4.92. The SMILES string of the molecule is CC(C)C(C#N)CNc1c[nH]c2ccccc12. The van der Waals surface area contributed by atoms with Crippen LogP contribution in [0, 0.1) is 23.2 Å². The van der Waals surface area contributed by atoms with E-state index in [1.54, 1.807) is 0 Å². The van der Waals surface area contributed by atoms with Gasteiger partial charge in [-0.05, 0) is 12.0 Å². The van der Waals surface area contributed by atoms with Crippen LogP contribution in [0.25, 0.3) is 10.9 Å². The third-order valence-corrected chi connectivity index (χ3v) is 3.07. The number of rotatable bonds is 4. The highest BCUT2D eigenvalue weighted by Gasteiger charge is 2.12. The molecule has 2 rings (SSSR count). The molecular formula is C14H17N3. The maximum atomic E-state index is 9.04. The van der Waals surface area contributed by atoms with Gasteiger partial charge in [0.25, 0.3) is 0 Å². The number of hydrogen-bond donors (Lipinski definition) is 2. The quantitative estimate of drug-likeness (QED) is 0.841. The highest BCUT2D eigenvalue weighted by Crippen LogP contribution is 2.23. The lowest BCUT2D eigenvalue weighted by atomic mass is 9.97. The van der Waals surface area contributed by atoms with Gasteiger partial charge in [0.1, 0.15) is 0 Å². The molecule has 0 saturated heterocycles. The van der Waals surface area contributed by atoms with Gasteiger partial charge in [-0.25, -0.2) is 0 Å². The Morgan fingerprint density at radius 1 is 1.35 bits per heavy atom. The van der Waals surface area contributed by atoms with Crippen molar-refractivity contribution < 1.29 is 0 Å². The molecule has 0 aliphatic carbocycles. The average Bonchev–Trinajstić information content (AvgIpc) is 2.73. The maximum absolute atomic E-state index is 9.04. The summed E-state index contributed by atoms with van der Waals surface area (Å²) in [6.07, 6.45) is 1.96. The van der Waals surface area contributed by atoms with Crippen LogP contribution in [0.5, 0.6) is 0 Å². The molecule has 2 aromatic rings. The van der Waals surface area contributed by atoms with Crippen molar-refractivity contribution in [1.82, 2.24) is 4.98 Å². The molecule has 1 aromatic carbocycles. The van der Waals surface area contributed by atoms with Gasteiger partial charge in [0.2, 0.25) is 0 Å². The van der Waals surface area contributed by atoms with Crippen molar-refractivity contribution in [2.24, 2.45) is 11.8 Å². The van der Waals surface area contributed by atoms with E-state index in [-0.39, 0.29) is 5.92 Å². The second-order valence-electron chi connectivity index (χ2n) is 4.61. The Labute approximate surface area is 101 Å².